The van der Waals surface area contributed by atoms with Crippen molar-refractivity contribution in [2.75, 3.05) is 6.61 Å². The van der Waals surface area contributed by atoms with Gasteiger partial charge >= 0.3 is 12.1 Å². The zero-order chi connectivity index (χ0) is 20.9. The number of hydrogen-bond donors (Lipinski definition) is 2. The van der Waals surface area contributed by atoms with E-state index in [0.29, 0.717) is 4.47 Å². The molecule has 0 heterocycles. The second-order valence-electron chi connectivity index (χ2n) is 5.57. The molecule has 28 heavy (non-hydrogen) atoms. The number of esters is 1. The maximum Gasteiger partial charge on any atom is 0.416 e. The van der Waals surface area contributed by atoms with E-state index in [4.69, 9.17) is 4.74 Å². The molecule has 152 valence electrons. The predicted molar refractivity (Wildman–Crippen MR) is 96.6 cm³/mol. The molecule has 0 saturated heterocycles. The number of halogens is 4. The molecule has 2 N–H and O–H groups in total. The van der Waals surface area contributed by atoms with Crippen LogP contribution in [0.25, 0.3) is 0 Å². The van der Waals surface area contributed by atoms with Crippen LogP contribution in [-0.2, 0) is 32.3 Å². The summed E-state index contributed by atoms with van der Waals surface area (Å²) in [5, 5.41) is 9.32. The van der Waals surface area contributed by atoms with Crippen LogP contribution in [0, 0.1) is 0 Å². The van der Waals surface area contributed by atoms with Crippen molar-refractivity contribution in [2.45, 2.75) is 23.7 Å². The van der Waals surface area contributed by atoms with Gasteiger partial charge < -0.3 is 9.84 Å². The average molecular weight is 482 g/mol. The van der Waals surface area contributed by atoms with Crippen LogP contribution in [0.2, 0.25) is 0 Å². The van der Waals surface area contributed by atoms with Crippen LogP contribution in [0.3, 0.4) is 0 Å². The van der Waals surface area contributed by atoms with E-state index in [-0.39, 0.29) is 10.5 Å². The number of aliphatic hydroxyl groups excluding tert-OH is 1. The fourth-order valence-electron chi connectivity index (χ4n) is 2.20. The summed E-state index contributed by atoms with van der Waals surface area (Å²) >= 11 is 3.15. The highest BCUT2D eigenvalue weighted by Crippen LogP contribution is 2.32. The molecule has 11 heteroatoms. The average Bonchev–Trinajstić information content (AvgIpc) is 2.64. The second-order valence-corrected chi connectivity index (χ2v) is 8.20. The van der Waals surface area contributed by atoms with Crippen LogP contribution in [0.1, 0.15) is 11.1 Å². The lowest BCUT2D eigenvalue weighted by molar-refractivity contribution is -0.150. The minimum absolute atomic E-state index is 0.163. The van der Waals surface area contributed by atoms with Crippen LogP contribution < -0.4 is 4.72 Å². The molecule has 0 bridgehead atoms. The lowest BCUT2D eigenvalue weighted by Crippen LogP contribution is -2.44. The zero-order valence-electron chi connectivity index (χ0n) is 14.1. The third-order valence-corrected chi connectivity index (χ3v) is 5.60. The summed E-state index contributed by atoms with van der Waals surface area (Å²) in [7, 11) is -4.16. The highest BCUT2D eigenvalue weighted by atomic mass is 79.9. The molecule has 1 unspecified atom stereocenters. The fourth-order valence-corrected chi connectivity index (χ4v) is 3.64. The van der Waals surface area contributed by atoms with E-state index in [9.17, 15) is 31.5 Å². The van der Waals surface area contributed by atoms with Crippen molar-refractivity contribution in [3.8, 4) is 0 Å². The first-order valence-corrected chi connectivity index (χ1v) is 10.0. The molecule has 0 aliphatic heterocycles. The molecule has 0 fully saturated rings. The van der Waals surface area contributed by atoms with Gasteiger partial charge in [-0.25, -0.2) is 8.42 Å². The Bertz CT molecular complexity index is 933. The lowest BCUT2D eigenvalue weighted by atomic mass is 10.1. The van der Waals surface area contributed by atoms with Gasteiger partial charge in [-0.1, -0.05) is 34.1 Å². The van der Waals surface area contributed by atoms with Crippen molar-refractivity contribution in [3.05, 3.63) is 64.1 Å². The van der Waals surface area contributed by atoms with E-state index >= 15 is 0 Å². The third kappa shape index (κ3) is 5.77. The Morgan fingerprint density at radius 2 is 1.75 bits per heavy atom. The van der Waals surface area contributed by atoms with E-state index in [0.717, 1.165) is 12.1 Å². The van der Waals surface area contributed by atoms with Gasteiger partial charge in [0.1, 0.15) is 12.6 Å². The van der Waals surface area contributed by atoms with Crippen LogP contribution in [0.4, 0.5) is 13.2 Å². The monoisotopic (exact) mass is 481 g/mol. The van der Waals surface area contributed by atoms with E-state index < -0.39 is 47.0 Å². The maximum atomic E-state index is 13.0. The Hall–Kier alpha value is -1.95. The molecule has 0 aliphatic rings. The number of nitrogens with one attached hydrogen (secondary N) is 1. The Morgan fingerprint density at radius 3 is 2.32 bits per heavy atom. The number of sulfonamides is 1. The number of carbonyl (C=O) groups is 1. The summed E-state index contributed by atoms with van der Waals surface area (Å²) in [6.07, 6.45) is -4.64. The van der Waals surface area contributed by atoms with Crippen LogP contribution in [0.5, 0.6) is 0 Å². The first-order valence-electron chi connectivity index (χ1n) is 7.75. The molecular weight excluding hydrogens is 467 g/mol. The summed E-state index contributed by atoms with van der Waals surface area (Å²) in [5.41, 5.74) is -1.27. The molecule has 0 radical (unpaired) electrons. The van der Waals surface area contributed by atoms with Gasteiger partial charge in [0.05, 0.1) is 17.1 Å². The molecule has 0 spiro atoms. The van der Waals surface area contributed by atoms with Gasteiger partial charge in [-0.3, -0.25) is 4.79 Å². The quantitative estimate of drug-likeness (QED) is 0.593. The molecule has 1 atom stereocenters. The number of carbonyl (C=O) groups excluding carboxylic acids is 1. The Labute approximate surface area is 167 Å². The number of rotatable bonds is 7. The van der Waals surface area contributed by atoms with Gasteiger partial charge in [0.25, 0.3) is 0 Å². The van der Waals surface area contributed by atoms with Gasteiger partial charge in [-0.05, 0) is 30.3 Å². The number of benzene rings is 2. The molecule has 2 aromatic rings. The minimum Gasteiger partial charge on any atom is -0.460 e. The first kappa shape index (κ1) is 22.3. The van der Waals surface area contributed by atoms with E-state index in [1.807, 2.05) is 4.72 Å². The van der Waals surface area contributed by atoms with E-state index in [1.54, 1.807) is 0 Å². The predicted octanol–water partition coefficient (Wildman–Crippen LogP) is 2.85. The lowest BCUT2D eigenvalue weighted by Gasteiger charge is -2.17. The van der Waals surface area contributed by atoms with Gasteiger partial charge in [-0.15, -0.1) is 0 Å². The zero-order valence-corrected chi connectivity index (χ0v) is 16.5. The largest absolute Gasteiger partial charge is 0.460 e. The number of hydrogen-bond acceptors (Lipinski definition) is 5. The van der Waals surface area contributed by atoms with E-state index in [2.05, 4.69) is 15.9 Å². The van der Waals surface area contributed by atoms with E-state index in [1.165, 1.54) is 36.4 Å². The molecule has 0 saturated carbocycles. The van der Waals surface area contributed by atoms with Crippen molar-refractivity contribution in [3.63, 3.8) is 0 Å². The van der Waals surface area contributed by atoms with Crippen LogP contribution in [0.15, 0.2) is 57.9 Å². The molecule has 6 nitrogen and oxygen atoms in total. The number of ether oxygens (including phenoxy) is 1. The summed E-state index contributed by atoms with van der Waals surface area (Å²) in [4.78, 5) is 11.9. The van der Waals surface area contributed by atoms with Crippen LogP contribution >= 0.6 is 15.9 Å². The molecule has 0 aromatic heterocycles. The summed E-state index contributed by atoms with van der Waals surface area (Å²) < 4.78 is 70.8. The second kappa shape index (κ2) is 9.03. The smallest absolute Gasteiger partial charge is 0.416 e. The summed E-state index contributed by atoms with van der Waals surface area (Å²) in [6, 6.07) is 8.31. The number of aliphatic hydroxyl groups is 1. The van der Waals surface area contributed by atoms with Crippen molar-refractivity contribution >= 4 is 31.9 Å². The van der Waals surface area contributed by atoms with Crippen LogP contribution in [-0.4, -0.2) is 32.1 Å². The van der Waals surface area contributed by atoms with Crippen molar-refractivity contribution in [1.82, 2.24) is 4.72 Å². The first-order chi connectivity index (χ1) is 13.0. The summed E-state index contributed by atoms with van der Waals surface area (Å²) in [5.74, 6) is -1.21. The molecular formula is C17H15BrF3NO5S. The van der Waals surface area contributed by atoms with Gasteiger partial charge in [-0.2, -0.15) is 17.9 Å². The maximum absolute atomic E-state index is 13.0. The normalized spacial score (nSPS) is 13.2. The Morgan fingerprint density at radius 1 is 1.14 bits per heavy atom. The van der Waals surface area contributed by atoms with Crippen molar-refractivity contribution < 1.29 is 36.2 Å². The third-order valence-electron chi connectivity index (χ3n) is 3.58. The molecule has 0 aliphatic carbocycles. The Balaban J connectivity index is 2.09. The highest BCUT2D eigenvalue weighted by Gasteiger charge is 2.33. The summed E-state index contributed by atoms with van der Waals surface area (Å²) in [6.45, 7) is -1.67. The number of alkyl halides is 3. The van der Waals surface area contributed by atoms with Gasteiger partial charge in [0.2, 0.25) is 10.0 Å². The topological polar surface area (TPSA) is 92.7 Å². The highest BCUT2D eigenvalue weighted by molar-refractivity contribution is 9.10. The Kier molecular flexibility index (Phi) is 7.21. The van der Waals surface area contributed by atoms with Gasteiger partial charge in [0.15, 0.2) is 0 Å². The molecule has 2 rings (SSSR count). The van der Waals surface area contributed by atoms with Crippen molar-refractivity contribution in [1.29, 1.82) is 0 Å². The molecule has 0 amide bonds. The standard InChI is InChI=1S/C17H15BrF3NO5S/c18-12-5-7-13(8-6-12)28(25,26)22-15(9-23)16(24)27-10-11-3-1-2-4-14(11)17(19,20)21/h1-8,15,22-23H,9-10H2. The fraction of sp³-hybridized carbons (Fsp3) is 0.235. The van der Waals surface area contributed by atoms with Gasteiger partial charge in [0, 0.05) is 10.0 Å². The SMILES string of the molecule is O=C(OCc1ccccc1C(F)(F)F)C(CO)NS(=O)(=O)c1ccc(Br)cc1. The van der Waals surface area contributed by atoms with Crippen molar-refractivity contribution in [2.24, 2.45) is 0 Å². The molecule has 2 aromatic carbocycles. The minimum atomic E-state index is -4.64.